The van der Waals surface area contributed by atoms with Gasteiger partial charge in [0.25, 0.3) is 0 Å². The van der Waals surface area contributed by atoms with Gasteiger partial charge in [0.15, 0.2) is 0 Å². The molecule has 2 heterocycles. The number of aromatic nitrogens is 3. The topological polar surface area (TPSA) is 43.2 Å². The summed E-state index contributed by atoms with van der Waals surface area (Å²) in [5.74, 6) is 3.51. The van der Waals surface area contributed by atoms with Gasteiger partial charge in [0.2, 0.25) is 0 Å². The number of ether oxygens (including phenoxy) is 1. The van der Waals surface area contributed by atoms with Crippen molar-refractivity contribution in [2.24, 2.45) is 5.92 Å². The molecule has 0 aliphatic carbocycles. The van der Waals surface area contributed by atoms with Crippen LogP contribution in [0.5, 0.6) is 5.75 Å². The van der Waals surface area contributed by atoms with E-state index >= 15 is 0 Å². The van der Waals surface area contributed by atoms with Gasteiger partial charge in [-0.15, -0.1) is 0 Å². The number of piperidine rings is 1. The van der Waals surface area contributed by atoms with E-state index in [9.17, 15) is 0 Å². The van der Waals surface area contributed by atoms with Crippen molar-refractivity contribution in [2.75, 3.05) is 26.7 Å². The molecule has 24 heavy (non-hydrogen) atoms. The van der Waals surface area contributed by atoms with Crippen molar-refractivity contribution in [1.29, 1.82) is 0 Å². The number of likely N-dealkylation sites (tertiary alicyclic amines) is 1. The van der Waals surface area contributed by atoms with E-state index in [-0.39, 0.29) is 0 Å². The fourth-order valence-corrected chi connectivity index (χ4v) is 3.56. The van der Waals surface area contributed by atoms with Gasteiger partial charge in [-0.3, -0.25) is 0 Å². The van der Waals surface area contributed by atoms with Gasteiger partial charge in [-0.1, -0.05) is 12.1 Å². The molecular formula is C19H28N4O. The minimum Gasteiger partial charge on any atom is -0.497 e. The summed E-state index contributed by atoms with van der Waals surface area (Å²) < 4.78 is 7.30. The number of hydrogen-bond donors (Lipinski definition) is 0. The lowest BCUT2D eigenvalue weighted by Crippen LogP contribution is -2.38. The zero-order valence-corrected chi connectivity index (χ0v) is 15.0. The highest BCUT2D eigenvalue weighted by Gasteiger charge is 2.21. The first-order valence-corrected chi connectivity index (χ1v) is 8.87. The van der Waals surface area contributed by atoms with Crippen LogP contribution in [0.4, 0.5) is 0 Å². The Kier molecular flexibility index (Phi) is 5.51. The first-order chi connectivity index (χ1) is 11.6. The SMILES string of the molecule is COc1ccc(CCN2CCC[C@@H](Cn3nc(C)nc3C)C2)cc1. The van der Waals surface area contributed by atoms with Crippen molar-refractivity contribution < 1.29 is 4.74 Å². The number of nitrogens with zero attached hydrogens (tertiary/aromatic N) is 4. The summed E-state index contributed by atoms with van der Waals surface area (Å²) in [6.45, 7) is 8.50. The molecule has 1 saturated heterocycles. The summed E-state index contributed by atoms with van der Waals surface area (Å²) in [7, 11) is 1.71. The molecule has 5 nitrogen and oxygen atoms in total. The molecule has 3 rings (SSSR count). The molecule has 1 fully saturated rings. The van der Waals surface area contributed by atoms with Gasteiger partial charge in [-0.25, -0.2) is 9.67 Å². The van der Waals surface area contributed by atoms with Crippen LogP contribution in [-0.2, 0) is 13.0 Å². The van der Waals surface area contributed by atoms with Crippen LogP contribution >= 0.6 is 0 Å². The lowest BCUT2D eigenvalue weighted by Gasteiger charge is -2.32. The zero-order chi connectivity index (χ0) is 16.9. The van der Waals surface area contributed by atoms with Gasteiger partial charge in [-0.05, 0) is 63.3 Å². The Morgan fingerprint density at radius 2 is 2.00 bits per heavy atom. The van der Waals surface area contributed by atoms with E-state index < -0.39 is 0 Å². The van der Waals surface area contributed by atoms with Crippen LogP contribution < -0.4 is 4.74 Å². The highest BCUT2D eigenvalue weighted by atomic mass is 16.5. The second-order valence-electron chi connectivity index (χ2n) is 6.80. The van der Waals surface area contributed by atoms with Gasteiger partial charge < -0.3 is 9.64 Å². The predicted molar refractivity (Wildman–Crippen MR) is 95.4 cm³/mol. The number of methoxy groups -OCH3 is 1. The Labute approximate surface area is 144 Å². The third kappa shape index (κ3) is 4.35. The van der Waals surface area contributed by atoms with Crippen molar-refractivity contribution in [3.05, 3.63) is 41.5 Å². The molecule has 0 spiro atoms. The van der Waals surface area contributed by atoms with Crippen LogP contribution in [0.2, 0.25) is 0 Å². The van der Waals surface area contributed by atoms with Crippen molar-refractivity contribution in [2.45, 2.75) is 39.7 Å². The summed E-state index contributed by atoms with van der Waals surface area (Å²) >= 11 is 0. The molecule has 0 amide bonds. The first kappa shape index (κ1) is 17.0. The number of hydrogen-bond acceptors (Lipinski definition) is 4. The normalized spacial score (nSPS) is 18.7. The third-order valence-corrected chi connectivity index (χ3v) is 4.87. The number of aryl methyl sites for hydroxylation is 2. The maximum Gasteiger partial charge on any atom is 0.147 e. The Morgan fingerprint density at radius 1 is 1.21 bits per heavy atom. The molecule has 1 aliphatic heterocycles. The monoisotopic (exact) mass is 328 g/mol. The van der Waals surface area contributed by atoms with Gasteiger partial charge in [-0.2, -0.15) is 5.10 Å². The molecule has 1 aromatic heterocycles. The first-order valence-electron chi connectivity index (χ1n) is 8.87. The average molecular weight is 328 g/mol. The molecule has 5 heteroatoms. The zero-order valence-electron chi connectivity index (χ0n) is 15.0. The summed E-state index contributed by atoms with van der Waals surface area (Å²) in [6.07, 6.45) is 3.66. The van der Waals surface area contributed by atoms with Crippen LogP contribution in [0.15, 0.2) is 24.3 Å². The van der Waals surface area contributed by atoms with Crippen LogP contribution in [0.1, 0.15) is 30.1 Å². The highest BCUT2D eigenvalue weighted by Crippen LogP contribution is 2.19. The van der Waals surface area contributed by atoms with Gasteiger partial charge in [0.1, 0.15) is 17.4 Å². The third-order valence-electron chi connectivity index (χ3n) is 4.87. The van der Waals surface area contributed by atoms with Crippen LogP contribution in [0, 0.1) is 19.8 Å². The summed E-state index contributed by atoms with van der Waals surface area (Å²) in [4.78, 5) is 7.01. The fourth-order valence-electron chi connectivity index (χ4n) is 3.56. The van der Waals surface area contributed by atoms with Crippen molar-refractivity contribution in [1.82, 2.24) is 19.7 Å². The molecule has 0 unspecified atom stereocenters. The van der Waals surface area contributed by atoms with E-state index in [1.165, 1.54) is 24.9 Å². The Morgan fingerprint density at radius 3 is 2.67 bits per heavy atom. The molecule has 1 aliphatic rings. The lowest BCUT2D eigenvalue weighted by atomic mass is 9.97. The largest absolute Gasteiger partial charge is 0.497 e. The molecular weight excluding hydrogens is 300 g/mol. The van der Waals surface area contributed by atoms with E-state index in [2.05, 4.69) is 31.8 Å². The predicted octanol–water partition coefficient (Wildman–Crippen LogP) is 2.86. The molecule has 0 radical (unpaired) electrons. The maximum absolute atomic E-state index is 5.22. The summed E-state index contributed by atoms with van der Waals surface area (Å²) in [5, 5.41) is 4.51. The standard InChI is InChI=1S/C19H28N4O/c1-15-20-16(2)23(21-15)14-18-5-4-11-22(13-18)12-10-17-6-8-19(24-3)9-7-17/h6-9,18H,4-5,10-14H2,1-3H3/t18-/m1/s1. The smallest absolute Gasteiger partial charge is 0.147 e. The number of benzene rings is 1. The molecule has 1 atom stereocenters. The minimum absolute atomic E-state index is 0.675. The second kappa shape index (κ2) is 7.79. The molecule has 2 aromatic rings. The van der Waals surface area contributed by atoms with Crippen LogP contribution in [-0.4, -0.2) is 46.4 Å². The van der Waals surface area contributed by atoms with E-state index in [0.717, 1.165) is 43.5 Å². The Hall–Kier alpha value is -1.88. The molecule has 1 aromatic carbocycles. The van der Waals surface area contributed by atoms with E-state index in [4.69, 9.17) is 4.74 Å². The van der Waals surface area contributed by atoms with E-state index in [1.54, 1.807) is 7.11 Å². The van der Waals surface area contributed by atoms with Crippen molar-refractivity contribution in [3.63, 3.8) is 0 Å². The summed E-state index contributed by atoms with van der Waals surface area (Å²) in [6, 6.07) is 8.43. The quantitative estimate of drug-likeness (QED) is 0.818. The molecule has 130 valence electrons. The summed E-state index contributed by atoms with van der Waals surface area (Å²) in [5.41, 5.74) is 1.38. The van der Waals surface area contributed by atoms with Crippen LogP contribution in [0.25, 0.3) is 0 Å². The van der Waals surface area contributed by atoms with E-state index in [1.807, 2.05) is 26.0 Å². The minimum atomic E-state index is 0.675. The van der Waals surface area contributed by atoms with Crippen molar-refractivity contribution >= 4 is 0 Å². The van der Waals surface area contributed by atoms with Crippen LogP contribution in [0.3, 0.4) is 0 Å². The fraction of sp³-hybridized carbons (Fsp3) is 0.579. The van der Waals surface area contributed by atoms with E-state index in [0.29, 0.717) is 5.92 Å². The lowest BCUT2D eigenvalue weighted by molar-refractivity contribution is 0.161. The van der Waals surface area contributed by atoms with Gasteiger partial charge >= 0.3 is 0 Å². The maximum atomic E-state index is 5.22. The molecule has 0 N–H and O–H groups in total. The highest BCUT2D eigenvalue weighted by molar-refractivity contribution is 5.27. The molecule has 0 bridgehead atoms. The second-order valence-corrected chi connectivity index (χ2v) is 6.80. The number of rotatable bonds is 6. The Bertz CT molecular complexity index is 650. The van der Waals surface area contributed by atoms with Gasteiger partial charge in [0.05, 0.1) is 7.11 Å². The van der Waals surface area contributed by atoms with Gasteiger partial charge in [0, 0.05) is 19.6 Å². The average Bonchev–Trinajstić information content (AvgIpc) is 2.91. The molecule has 0 saturated carbocycles. The Balaban J connectivity index is 1.50. The van der Waals surface area contributed by atoms with Crippen molar-refractivity contribution in [3.8, 4) is 5.75 Å².